The lowest BCUT2D eigenvalue weighted by Crippen LogP contribution is -2.50. The van der Waals surface area contributed by atoms with Crippen LogP contribution in [-0.2, 0) is 30.5 Å². The Bertz CT molecular complexity index is 917. The standard InChI is InChI=1S/C24H27NO5/c1-13(2)21(24(28)30-12-14-7-5-4-6-8-14)25-22(26)19-17-15-9-10-16(11-15)18(17)20(19)23(27)29-3/h4-10,13,15-18,21H,11-12H2,1-3H3,(H,25,26)/t15-,16+,17+,18-,21-/m1/s1. The largest absolute Gasteiger partial charge is 0.466 e. The van der Waals surface area contributed by atoms with Gasteiger partial charge < -0.3 is 14.8 Å². The maximum absolute atomic E-state index is 13.2. The number of methoxy groups -OCH3 is 1. The molecule has 1 N–H and O–H groups in total. The fourth-order valence-corrected chi connectivity index (χ4v) is 5.04. The average Bonchev–Trinajstić information content (AvgIpc) is 3.29. The molecule has 0 saturated heterocycles. The number of hydrogen-bond donors (Lipinski definition) is 1. The van der Waals surface area contributed by atoms with Crippen LogP contribution in [0, 0.1) is 29.6 Å². The van der Waals surface area contributed by atoms with Gasteiger partial charge in [-0.15, -0.1) is 0 Å². The van der Waals surface area contributed by atoms with Crippen molar-refractivity contribution in [3.05, 3.63) is 59.2 Å². The number of nitrogens with one attached hydrogen (secondary N) is 1. The fraction of sp³-hybridized carbons (Fsp3) is 0.458. The van der Waals surface area contributed by atoms with Gasteiger partial charge in [-0.25, -0.2) is 9.59 Å². The average molecular weight is 409 g/mol. The number of hydrogen-bond acceptors (Lipinski definition) is 5. The molecule has 1 aromatic rings. The van der Waals surface area contributed by atoms with E-state index in [2.05, 4.69) is 17.5 Å². The number of benzene rings is 1. The molecule has 0 aliphatic heterocycles. The number of fused-ring (bicyclic) bond motifs is 5. The zero-order valence-corrected chi connectivity index (χ0v) is 17.5. The molecule has 6 heteroatoms. The molecule has 3 aliphatic carbocycles. The van der Waals surface area contributed by atoms with E-state index in [1.54, 1.807) is 0 Å². The highest BCUT2D eigenvalue weighted by Gasteiger charge is 2.59. The van der Waals surface area contributed by atoms with Crippen molar-refractivity contribution in [2.45, 2.75) is 32.9 Å². The zero-order chi connectivity index (χ0) is 21.4. The van der Waals surface area contributed by atoms with Crippen molar-refractivity contribution in [1.29, 1.82) is 0 Å². The second-order valence-electron chi connectivity index (χ2n) is 8.61. The number of esters is 2. The minimum atomic E-state index is -0.791. The summed E-state index contributed by atoms with van der Waals surface area (Å²) in [6.45, 7) is 3.86. The number of rotatable bonds is 7. The minimum Gasteiger partial charge on any atom is -0.466 e. The third-order valence-electron chi connectivity index (χ3n) is 6.50. The lowest BCUT2D eigenvalue weighted by Gasteiger charge is -2.41. The second kappa shape index (κ2) is 8.09. The number of ether oxygens (including phenoxy) is 2. The summed E-state index contributed by atoms with van der Waals surface area (Å²) in [4.78, 5) is 38.2. The Labute approximate surface area is 176 Å². The van der Waals surface area contributed by atoms with Gasteiger partial charge in [-0.1, -0.05) is 56.3 Å². The summed E-state index contributed by atoms with van der Waals surface area (Å²) in [5.74, 6) is -0.804. The van der Waals surface area contributed by atoms with E-state index in [4.69, 9.17) is 9.47 Å². The third kappa shape index (κ3) is 3.44. The van der Waals surface area contributed by atoms with E-state index in [0.29, 0.717) is 17.1 Å². The third-order valence-corrected chi connectivity index (χ3v) is 6.50. The van der Waals surface area contributed by atoms with Gasteiger partial charge in [0.2, 0.25) is 5.91 Å². The monoisotopic (exact) mass is 409 g/mol. The summed E-state index contributed by atoms with van der Waals surface area (Å²) in [7, 11) is 1.33. The Morgan fingerprint density at radius 3 is 2.27 bits per heavy atom. The first-order valence-electron chi connectivity index (χ1n) is 10.4. The molecular formula is C24H27NO5. The molecule has 0 radical (unpaired) electrons. The van der Waals surface area contributed by atoms with Gasteiger partial charge in [-0.3, -0.25) is 4.79 Å². The van der Waals surface area contributed by atoms with Crippen molar-refractivity contribution in [1.82, 2.24) is 5.32 Å². The number of carbonyl (C=O) groups excluding carboxylic acids is 3. The smallest absolute Gasteiger partial charge is 0.334 e. The number of carbonyl (C=O) groups is 3. The van der Waals surface area contributed by atoms with Crippen molar-refractivity contribution < 1.29 is 23.9 Å². The first-order valence-corrected chi connectivity index (χ1v) is 10.4. The van der Waals surface area contributed by atoms with E-state index in [1.165, 1.54) is 7.11 Å². The minimum absolute atomic E-state index is 0.0299. The summed E-state index contributed by atoms with van der Waals surface area (Å²) in [5.41, 5.74) is 1.83. The Balaban J connectivity index is 1.48. The van der Waals surface area contributed by atoms with Gasteiger partial charge >= 0.3 is 11.9 Å². The molecule has 0 spiro atoms. The normalized spacial score (nSPS) is 26.8. The molecule has 0 unspecified atom stereocenters. The van der Waals surface area contributed by atoms with Crippen LogP contribution in [0.3, 0.4) is 0 Å². The van der Waals surface area contributed by atoms with Crippen LogP contribution in [0.15, 0.2) is 53.6 Å². The van der Waals surface area contributed by atoms with Crippen LogP contribution in [0.25, 0.3) is 0 Å². The Morgan fingerprint density at radius 2 is 1.67 bits per heavy atom. The summed E-state index contributed by atoms with van der Waals surface area (Å²) >= 11 is 0. The summed E-state index contributed by atoms with van der Waals surface area (Å²) < 4.78 is 10.4. The first kappa shape index (κ1) is 20.4. The predicted octanol–water partition coefficient (Wildman–Crippen LogP) is 2.79. The van der Waals surface area contributed by atoms with Gasteiger partial charge in [-0.2, -0.15) is 0 Å². The molecule has 1 amide bonds. The van der Waals surface area contributed by atoms with Crippen molar-refractivity contribution in [3.63, 3.8) is 0 Å². The molecule has 4 rings (SSSR count). The first-order chi connectivity index (χ1) is 14.4. The molecule has 1 saturated carbocycles. The quantitative estimate of drug-likeness (QED) is 0.553. The van der Waals surface area contributed by atoms with E-state index >= 15 is 0 Å². The van der Waals surface area contributed by atoms with E-state index in [1.807, 2.05) is 44.2 Å². The van der Waals surface area contributed by atoms with Gasteiger partial charge in [0.25, 0.3) is 0 Å². The SMILES string of the molecule is COC(=O)C1=C(C(=O)N[C@@H](C(=O)OCc2ccccc2)C(C)C)[C@@H]2[C@H]1[C@H]1C=C[C@@H]2C1. The molecule has 2 bridgehead atoms. The van der Waals surface area contributed by atoms with Crippen molar-refractivity contribution in [2.24, 2.45) is 29.6 Å². The highest BCUT2D eigenvalue weighted by atomic mass is 16.5. The molecule has 1 fully saturated rings. The Morgan fingerprint density at radius 1 is 1.03 bits per heavy atom. The van der Waals surface area contributed by atoms with Crippen LogP contribution in [0.2, 0.25) is 0 Å². The highest BCUT2D eigenvalue weighted by molar-refractivity contribution is 6.07. The molecule has 0 aromatic heterocycles. The Kier molecular flexibility index (Phi) is 5.50. The van der Waals surface area contributed by atoms with E-state index in [-0.39, 0.29) is 36.2 Å². The van der Waals surface area contributed by atoms with Gasteiger partial charge in [0.15, 0.2) is 0 Å². The fourth-order valence-electron chi connectivity index (χ4n) is 5.04. The molecule has 3 aliphatic rings. The van der Waals surface area contributed by atoms with Gasteiger partial charge in [0, 0.05) is 17.4 Å². The maximum atomic E-state index is 13.2. The van der Waals surface area contributed by atoms with Gasteiger partial charge in [0.1, 0.15) is 12.6 Å². The van der Waals surface area contributed by atoms with E-state index in [9.17, 15) is 14.4 Å². The van der Waals surface area contributed by atoms with E-state index < -0.39 is 18.0 Å². The highest BCUT2D eigenvalue weighted by Crippen LogP contribution is 2.61. The molecule has 1 aromatic carbocycles. The van der Waals surface area contributed by atoms with Crippen LogP contribution >= 0.6 is 0 Å². The van der Waals surface area contributed by atoms with Crippen LogP contribution in [0.1, 0.15) is 25.8 Å². The van der Waals surface area contributed by atoms with Crippen LogP contribution in [0.4, 0.5) is 0 Å². The van der Waals surface area contributed by atoms with Gasteiger partial charge in [0.05, 0.1) is 12.7 Å². The zero-order valence-electron chi connectivity index (χ0n) is 17.5. The van der Waals surface area contributed by atoms with Crippen molar-refractivity contribution in [2.75, 3.05) is 7.11 Å². The summed E-state index contributed by atoms with van der Waals surface area (Å²) in [5, 5.41) is 2.83. The number of allylic oxidation sites excluding steroid dienone is 2. The lowest BCUT2D eigenvalue weighted by atomic mass is 9.62. The van der Waals surface area contributed by atoms with Gasteiger partial charge in [-0.05, 0) is 29.7 Å². The van der Waals surface area contributed by atoms with Crippen LogP contribution in [0.5, 0.6) is 0 Å². The lowest BCUT2D eigenvalue weighted by molar-refractivity contribution is -0.150. The van der Waals surface area contributed by atoms with Crippen LogP contribution < -0.4 is 5.32 Å². The molecular weight excluding hydrogens is 382 g/mol. The molecule has 5 atom stereocenters. The topological polar surface area (TPSA) is 81.7 Å². The van der Waals surface area contributed by atoms with Crippen LogP contribution in [-0.4, -0.2) is 31.0 Å². The molecule has 6 nitrogen and oxygen atoms in total. The summed E-state index contributed by atoms with van der Waals surface area (Å²) in [6.07, 6.45) is 5.24. The van der Waals surface area contributed by atoms with Crippen molar-refractivity contribution >= 4 is 17.8 Å². The Hall–Kier alpha value is -2.89. The maximum Gasteiger partial charge on any atom is 0.334 e. The molecule has 0 heterocycles. The predicted molar refractivity (Wildman–Crippen MR) is 110 cm³/mol. The van der Waals surface area contributed by atoms with E-state index in [0.717, 1.165) is 12.0 Å². The number of amides is 1. The molecule has 158 valence electrons. The molecule has 30 heavy (non-hydrogen) atoms. The summed E-state index contributed by atoms with van der Waals surface area (Å²) in [6, 6.07) is 8.61. The second-order valence-corrected chi connectivity index (χ2v) is 8.61. The van der Waals surface area contributed by atoms with Crippen molar-refractivity contribution in [3.8, 4) is 0 Å².